The molecule has 2 rings (SSSR count). The summed E-state index contributed by atoms with van der Waals surface area (Å²) in [5.74, 6) is 0.404. The Morgan fingerprint density at radius 2 is 1.74 bits per heavy atom. The summed E-state index contributed by atoms with van der Waals surface area (Å²) in [5.41, 5.74) is 5.30. The van der Waals surface area contributed by atoms with E-state index < -0.39 is 0 Å². The highest BCUT2D eigenvalue weighted by Gasteiger charge is 2.15. The monoisotopic (exact) mass is 331 g/mol. The Morgan fingerprint density at radius 3 is 2.35 bits per heavy atom. The molecule has 0 fully saturated rings. The van der Waals surface area contributed by atoms with Crippen LogP contribution in [0.1, 0.15) is 45.6 Å². The molecule has 2 aromatic carbocycles. The van der Waals surface area contributed by atoms with E-state index in [-0.39, 0.29) is 11.9 Å². The van der Waals surface area contributed by atoms with E-state index in [1.807, 2.05) is 6.92 Å². The van der Waals surface area contributed by atoms with Crippen molar-refractivity contribution in [3.63, 3.8) is 0 Å². The van der Waals surface area contributed by atoms with E-state index in [0.717, 1.165) is 5.56 Å². The predicted octanol–water partition coefficient (Wildman–Crippen LogP) is 4.76. The van der Waals surface area contributed by atoms with Gasteiger partial charge in [-0.3, -0.25) is 4.79 Å². The van der Waals surface area contributed by atoms with Gasteiger partial charge in [0.15, 0.2) is 0 Å². The summed E-state index contributed by atoms with van der Waals surface area (Å²) >= 11 is 6.09. The Bertz CT molecular complexity index is 740. The van der Waals surface area contributed by atoms with Crippen LogP contribution in [0.2, 0.25) is 5.02 Å². The van der Waals surface area contributed by atoms with Crippen LogP contribution in [0.25, 0.3) is 0 Å². The molecule has 1 N–H and O–H groups in total. The molecule has 0 aliphatic carbocycles. The van der Waals surface area contributed by atoms with Crippen molar-refractivity contribution >= 4 is 17.5 Å². The van der Waals surface area contributed by atoms with Crippen molar-refractivity contribution in [1.82, 2.24) is 5.32 Å². The lowest BCUT2D eigenvalue weighted by molar-refractivity contribution is 0.0940. The van der Waals surface area contributed by atoms with Crippen LogP contribution in [0, 0.1) is 20.8 Å². The number of benzene rings is 2. The molecule has 23 heavy (non-hydrogen) atoms. The van der Waals surface area contributed by atoms with E-state index in [1.165, 1.54) is 16.7 Å². The molecular formula is C19H22ClNO2. The number of halogens is 1. The molecule has 3 nitrogen and oxygen atoms in total. The summed E-state index contributed by atoms with van der Waals surface area (Å²) in [5, 5.41) is 3.45. The maximum atomic E-state index is 12.4. The number of ether oxygens (including phenoxy) is 1. The van der Waals surface area contributed by atoms with Crippen LogP contribution in [0.3, 0.4) is 0 Å². The molecule has 0 aliphatic heterocycles. The maximum absolute atomic E-state index is 12.4. The quantitative estimate of drug-likeness (QED) is 0.876. The number of hydrogen-bond acceptors (Lipinski definition) is 2. The highest BCUT2D eigenvalue weighted by molar-refractivity contribution is 6.32. The molecule has 0 bridgehead atoms. The Balaban J connectivity index is 2.20. The van der Waals surface area contributed by atoms with Gasteiger partial charge in [-0.2, -0.15) is 0 Å². The number of hydrogen-bond donors (Lipinski definition) is 1. The number of aryl methyl sites for hydroxylation is 3. The topological polar surface area (TPSA) is 38.3 Å². The Morgan fingerprint density at radius 1 is 1.09 bits per heavy atom. The summed E-state index contributed by atoms with van der Waals surface area (Å²) in [6, 6.07) is 9.23. The fraction of sp³-hybridized carbons (Fsp3) is 0.316. The molecule has 2 aromatic rings. The molecular weight excluding hydrogens is 310 g/mol. The SMILES string of the molecule is COc1ccc(C(=O)NC(C)c2cc(C)c(C)cc2C)cc1Cl. The summed E-state index contributed by atoms with van der Waals surface area (Å²) in [6.45, 7) is 8.22. The normalized spacial score (nSPS) is 11.9. The first kappa shape index (κ1) is 17.4. The summed E-state index contributed by atoms with van der Waals surface area (Å²) in [6.07, 6.45) is 0. The molecule has 0 spiro atoms. The first-order valence-corrected chi connectivity index (χ1v) is 7.93. The number of rotatable bonds is 4. The van der Waals surface area contributed by atoms with E-state index in [1.54, 1.807) is 25.3 Å². The van der Waals surface area contributed by atoms with Crippen LogP contribution in [0.5, 0.6) is 5.75 Å². The minimum atomic E-state index is -0.153. The lowest BCUT2D eigenvalue weighted by atomic mass is 9.96. The van der Waals surface area contributed by atoms with Gasteiger partial charge in [0.2, 0.25) is 0 Å². The molecule has 1 amide bonds. The first-order chi connectivity index (χ1) is 10.8. The van der Waals surface area contributed by atoms with E-state index in [4.69, 9.17) is 16.3 Å². The van der Waals surface area contributed by atoms with Crippen LogP contribution < -0.4 is 10.1 Å². The molecule has 122 valence electrons. The summed E-state index contributed by atoms with van der Waals surface area (Å²) in [4.78, 5) is 12.4. The smallest absolute Gasteiger partial charge is 0.251 e. The second-order valence-corrected chi connectivity index (χ2v) is 6.24. The fourth-order valence-corrected chi connectivity index (χ4v) is 2.87. The Hall–Kier alpha value is -2.00. The third kappa shape index (κ3) is 3.85. The minimum Gasteiger partial charge on any atom is -0.495 e. The van der Waals surface area contributed by atoms with Gasteiger partial charge in [0.25, 0.3) is 5.91 Å². The molecule has 1 atom stereocenters. The number of nitrogens with one attached hydrogen (secondary N) is 1. The highest BCUT2D eigenvalue weighted by Crippen LogP contribution is 2.26. The third-order valence-electron chi connectivity index (χ3n) is 4.11. The van der Waals surface area contributed by atoms with Gasteiger partial charge in [-0.05, 0) is 68.1 Å². The molecule has 0 saturated carbocycles. The second kappa shape index (κ2) is 7.05. The van der Waals surface area contributed by atoms with E-state index in [2.05, 4.69) is 38.2 Å². The fourth-order valence-electron chi connectivity index (χ4n) is 2.61. The first-order valence-electron chi connectivity index (χ1n) is 7.55. The van der Waals surface area contributed by atoms with Crippen LogP contribution >= 0.6 is 11.6 Å². The van der Waals surface area contributed by atoms with Gasteiger partial charge < -0.3 is 10.1 Å². The van der Waals surface area contributed by atoms with E-state index >= 15 is 0 Å². The van der Waals surface area contributed by atoms with Crippen LogP contribution in [-0.2, 0) is 0 Å². The Kier molecular flexibility index (Phi) is 5.32. The zero-order valence-electron chi connectivity index (χ0n) is 14.2. The number of carbonyl (C=O) groups excluding carboxylic acids is 1. The zero-order chi connectivity index (χ0) is 17.1. The van der Waals surface area contributed by atoms with Gasteiger partial charge in [0.1, 0.15) is 5.75 Å². The van der Waals surface area contributed by atoms with Crippen molar-refractivity contribution in [3.05, 3.63) is 63.2 Å². The van der Waals surface area contributed by atoms with Crippen molar-refractivity contribution in [2.45, 2.75) is 33.7 Å². The molecule has 0 saturated heterocycles. The minimum absolute atomic E-state index is 0.0809. The van der Waals surface area contributed by atoms with Crippen molar-refractivity contribution < 1.29 is 9.53 Å². The van der Waals surface area contributed by atoms with Crippen molar-refractivity contribution in [2.24, 2.45) is 0 Å². The molecule has 0 aliphatic rings. The van der Waals surface area contributed by atoms with Crippen molar-refractivity contribution in [3.8, 4) is 5.75 Å². The van der Waals surface area contributed by atoms with E-state index in [9.17, 15) is 4.79 Å². The number of carbonyl (C=O) groups is 1. The van der Waals surface area contributed by atoms with E-state index in [0.29, 0.717) is 16.3 Å². The van der Waals surface area contributed by atoms with Gasteiger partial charge in [0.05, 0.1) is 18.2 Å². The number of methoxy groups -OCH3 is 1. The molecule has 1 unspecified atom stereocenters. The average molecular weight is 332 g/mol. The second-order valence-electron chi connectivity index (χ2n) is 5.84. The van der Waals surface area contributed by atoms with Crippen molar-refractivity contribution in [2.75, 3.05) is 7.11 Å². The number of amides is 1. The van der Waals surface area contributed by atoms with Crippen LogP contribution in [-0.4, -0.2) is 13.0 Å². The average Bonchev–Trinajstić information content (AvgIpc) is 2.50. The summed E-state index contributed by atoms with van der Waals surface area (Å²) < 4.78 is 5.11. The lowest BCUT2D eigenvalue weighted by Crippen LogP contribution is -2.27. The van der Waals surface area contributed by atoms with Gasteiger partial charge in [0, 0.05) is 5.56 Å². The van der Waals surface area contributed by atoms with Gasteiger partial charge in [-0.15, -0.1) is 0 Å². The van der Waals surface area contributed by atoms with Crippen molar-refractivity contribution in [1.29, 1.82) is 0 Å². The standard InChI is InChI=1S/C19H22ClNO2/c1-11-8-13(3)16(9-12(11)2)14(4)21-19(22)15-6-7-18(23-5)17(20)10-15/h6-10,14H,1-5H3,(H,21,22). The summed E-state index contributed by atoms with van der Waals surface area (Å²) in [7, 11) is 1.55. The largest absolute Gasteiger partial charge is 0.495 e. The molecule has 4 heteroatoms. The van der Waals surface area contributed by atoms with Gasteiger partial charge in [-0.25, -0.2) is 0 Å². The zero-order valence-corrected chi connectivity index (χ0v) is 14.9. The van der Waals surface area contributed by atoms with Gasteiger partial charge in [-0.1, -0.05) is 23.7 Å². The Labute approximate surface area is 142 Å². The van der Waals surface area contributed by atoms with Crippen LogP contribution in [0.15, 0.2) is 30.3 Å². The molecule has 0 radical (unpaired) electrons. The lowest BCUT2D eigenvalue weighted by Gasteiger charge is -2.18. The van der Waals surface area contributed by atoms with Crippen LogP contribution in [0.4, 0.5) is 0 Å². The molecule has 0 heterocycles. The molecule has 0 aromatic heterocycles. The highest BCUT2D eigenvalue weighted by atomic mass is 35.5. The predicted molar refractivity (Wildman–Crippen MR) is 94.5 cm³/mol. The maximum Gasteiger partial charge on any atom is 0.251 e. The van der Waals surface area contributed by atoms with Gasteiger partial charge >= 0.3 is 0 Å². The third-order valence-corrected chi connectivity index (χ3v) is 4.41.